The molecule has 0 aliphatic carbocycles. The zero-order valence-electron chi connectivity index (χ0n) is 12.2. The van der Waals surface area contributed by atoms with E-state index in [2.05, 4.69) is 39.4 Å². The van der Waals surface area contributed by atoms with Gasteiger partial charge >= 0.3 is 0 Å². The first-order valence-electron chi connectivity index (χ1n) is 7.14. The maximum atomic E-state index is 5.82. The molecular weight excluding hydrogens is 318 g/mol. The number of rotatable bonds is 4. The minimum atomic E-state index is 0.0679. The van der Waals surface area contributed by atoms with E-state index in [9.17, 15) is 0 Å². The van der Waals surface area contributed by atoms with Gasteiger partial charge in [-0.25, -0.2) is 4.99 Å². The molecule has 1 fully saturated rings. The molecule has 0 aromatic rings. The second kappa shape index (κ2) is 7.18. The first-order chi connectivity index (χ1) is 9.67. The van der Waals surface area contributed by atoms with Crippen molar-refractivity contribution in [3.63, 3.8) is 0 Å². The van der Waals surface area contributed by atoms with Crippen molar-refractivity contribution in [3.8, 4) is 0 Å². The average molecular weight is 340 g/mol. The lowest BCUT2D eigenvalue weighted by molar-refractivity contribution is -0.0301. The van der Waals surface area contributed by atoms with Gasteiger partial charge in [0.1, 0.15) is 11.9 Å². The molecular formula is C15H22BrN3O. The monoisotopic (exact) mass is 339 g/mol. The molecule has 20 heavy (non-hydrogen) atoms. The molecule has 5 heteroatoms. The normalized spacial score (nSPS) is 27.2. The molecule has 1 atom stereocenters. The van der Waals surface area contributed by atoms with Crippen molar-refractivity contribution in [1.29, 1.82) is 0 Å². The van der Waals surface area contributed by atoms with E-state index in [-0.39, 0.29) is 6.23 Å². The summed E-state index contributed by atoms with van der Waals surface area (Å²) in [7, 11) is 1.80. The summed E-state index contributed by atoms with van der Waals surface area (Å²) in [6.07, 6.45) is 7.04. The van der Waals surface area contributed by atoms with Gasteiger partial charge in [0.25, 0.3) is 0 Å². The third kappa shape index (κ3) is 3.38. The van der Waals surface area contributed by atoms with Crippen LogP contribution in [0.25, 0.3) is 0 Å². The summed E-state index contributed by atoms with van der Waals surface area (Å²) in [6.45, 7) is 6.98. The maximum absolute atomic E-state index is 5.82. The Morgan fingerprint density at radius 2 is 2.40 bits per heavy atom. The summed E-state index contributed by atoms with van der Waals surface area (Å²) in [6, 6.07) is 0. The van der Waals surface area contributed by atoms with Crippen LogP contribution >= 0.6 is 15.9 Å². The number of hydrogen-bond donors (Lipinski definition) is 0. The minimum Gasteiger partial charge on any atom is -0.358 e. The van der Waals surface area contributed by atoms with Gasteiger partial charge in [-0.15, -0.1) is 0 Å². The van der Waals surface area contributed by atoms with Gasteiger partial charge in [0.05, 0.1) is 6.34 Å². The van der Waals surface area contributed by atoms with Crippen LogP contribution in [0.2, 0.25) is 0 Å². The van der Waals surface area contributed by atoms with E-state index in [1.54, 1.807) is 7.05 Å². The largest absolute Gasteiger partial charge is 0.358 e. The lowest BCUT2D eigenvalue weighted by Crippen LogP contribution is -2.40. The van der Waals surface area contributed by atoms with Gasteiger partial charge < -0.3 is 4.74 Å². The van der Waals surface area contributed by atoms with Crippen LogP contribution in [-0.4, -0.2) is 37.0 Å². The molecule has 2 aliphatic rings. The van der Waals surface area contributed by atoms with Gasteiger partial charge in [0.15, 0.2) is 5.84 Å². The first-order valence-corrected chi connectivity index (χ1v) is 7.93. The molecule has 0 N–H and O–H groups in total. The Hall–Kier alpha value is -0.940. The van der Waals surface area contributed by atoms with Crippen molar-refractivity contribution < 1.29 is 4.74 Å². The summed E-state index contributed by atoms with van der Waals surface area (Å²) >= 11 is 3.64. The Morgan fingerprint density at radius 1 is 1.60 bits per heavy atom. The molecule has 2 rings (SSSR count). The van der Waals surface area contributed by atoms with Crippen LogP contribution in [0, 0.1) is 0 Å². The number of allylic oxidation sites excluding steroid dienone is 2. The van der Waals surface area contributed by atoms with Crippen molar-refractivity contribution in [2.45, 2.75) is 45.3 Å². The highest BCUT2D eigenvalue weighted by Gasteiger charge is 2.30. The highest BCUT2D eigenvalue weighted by atomic mass is 79.9. The van der Waals surface area contributed by atoms with Crippen LogP contribution < -0.4 is 0 Å². The lowest BCUT2D eigenvalue weighted by atomic mass is 10.1. The molecule has 2 aliphatic heterocycles. The second-order valence-corrected chi connectivity index (χ2v) is 6.01. The number of hydrogen-bond acceptors (Lipinski definition) is 3. The minimum absolute atomic E-state index is 0.0679. The molecule has 0 spiro atoms. The molecule has 110 valence electrons. The Morgan fingerprint density at radius 3 is 3.00 bits per heavy atom. The molecule has 0 bridgehead atoms. The summed E-state index contributed by atoms with van der Waals surface area (Å²) < 4.78 is 6.86. The Balaban J connectivity index is 2.16. The SMILES string of the molecule is C=C(CC)C/C(Br)=C1/N=CN(C2CCCCO2)C1=NC. The highest BCUT2D eigenvalue weighted by Crippen LogP contribution is 2.29. The van der Waals surface area contributed by atoms with E-state index < -0.39 is 0 Å². The summed E-state index contributed by atoms with van der Waals surface area (Å²) in [4.78, 5) is 11.0. The first kappa shape index (κ1) is 15.4. The molecule has 0 aromatic heterocycles. The summed E-state index contributed by atoms with van der Waals surface area (Å²) in [5.41, 5.74) is 2.08. The molecule has 0 amide bonds. The highest BCUT2D eigenvalue weighted by molar-refractivity contribution is 9.11. The van der Waals surface area contributed by atoms with Crippen molar-refractivity contribution in [3.05, 3.63) is 22.3 Å². The number of ether oxygens (including phenoxy) is 1. The third-order valence-electron chi connectivity index (χ3n) is 3.61. The van der Waals surface area contributed by atoms with Gasteiger partial charge in [-0.2, -0.15) is 0 Å². The molecule has 1 saturated heterocycles. The summed E-state index contributed by atoms with van der Waals surface area (Å²) in [5, 5.41) is 0. The predicted octanol–water partition coefficient (Wildman–Crippen LogP) is 3.85. The molecule has 0 saturated carbocycles. The predicted molar refractivity (Wildman–Crippen MR) is 87.3 cm³/mol. The standard InChI is InChI=1S/C15H22BrN3O/c1-4-11(2)9-12(16)14-15(17-3)19(10-18-14)13-7-5-6-8-20-13/h10,13H,2,4-9H2,1,3H3/b14-12-,17-15?. The van der Waals surface area contributed by atoms with Crippen molar-refractivity contribution in [1.82, 2.24) is 4.90 Å². The smallest absolute Gasteiger partial charge is 0.157 e. The fourth-order valence-corrected chi connectivity index (χ4v) is 3.03. The third-order valence-corrected chi connectivity index (χ3v) is 4.26. The number of nitrogens with zero attached hydrogens (tertiary/aromatic N) is 3. The van der Waals surface area contributed by atoms with Gasteiger partial charge in [-0.1, -0.05) is 35.0 Å². The fourth-order valence-electron chi connectivity index (χ4n) is 2.35. The number of amidine groups is 1. The summed E-state index contributed by atoms with van der Waals surface area (Å²) in [5.74, 6) is 0.882. The molecule has 0 aromatic carbocycles. The van der Waals surface area contributed by atoms with E-state index in [4.69, 9.17) is 4.74 Å². The molecule has 1 unspecified atom stereocenters. The van der Waals surface area contributed by atoms with E-state index in [1.165, 1.54) is 12.0 Å². The van der Waals surface area contributed by atoms with Crippen LogP contribution in [0.15, 0.2) is 32.3 Å². The van der Waals surface area contributed by atoms with Crippen molar-refractivity contribution >= 4 is 28.1 Å². The Labute approximate surface area is 129 Å². The van der Waals surface area contributed by atoms with Gasteiger partial charge in [0.2, 0.25) is 0 Å². The Bertz CT molecular complexity index is 462. The van der Waals surface area contributed by atoms with Crippen LogP contribution in [0.3, 0.4) is 0 Å². The average Bonchev–Trinajstić information content (AvgIpc) is 2.91. The van der Waals surface area contributed by atoms with Crippen LogP contribution in [0.5, 0.6) is 0 Å². The zero-order valence-corrected chi connectivity index (χ0v) is 13.8. The topological polar surface area (TPSA) is 37.2 Å². The second-order valence-electron chi connectivity index (χ2n) is 5.05. The van der Waals surface area contributed by atoms with E-state index >= 15 is 0 Å². The molecule has 4 nitrogen and oxygen atoms in total. The maximum Gasteiger partial charge on any atom is 0.157 e. The molecule has 2 heterocycles. The van der Waals surface area contributed by atoms with Crippen LogP contribution in [0.4, 0.5) is 0 Å². The van der Waals surface area contributed by atoms with E-state index in [0.717, 1.165) is 48.3 Å². The quantitative estimate of drug-likeness (QED) is 0.729. The fraction of sp³-hybridized carbons (Fsp3) is 0.600. The van der Waals surface area contributed by atoms with Crippen molar-refractivity contribution in [2.24, 2.45) is 9.98 Å². The van der Waals surface area contributed by atoms with E-state index in [1.807, 2.05) is 11.2 Å². The van der Waals surface area contributed by atoms with Crippen molar-refractivity contribution in [2.75, 3.05) is 13.7 Å². The van der Waals surface area contributed by atoms with E-state index in [0.29, 0.717) is 0 Å². The Kier molecular flexibility index (Phi) is 5.54. The zero-order chi connectivity index (χ0) is 14.5. The van der Waals surface area contributed by atoms with Gasteiger partial charge in [0, 0.05) is 24.6 Å². The van der Waals surface area contributed by atoms with Crippen LogP contribution in [-0.2, 0) is 4.74 Å². The van der Waals surface area contributed by atoms with Gasteiger partial charge in [-0.3, -0.25) is 9.89 Å². The van der Waals surface area contributed by atoms with Crippen LogP contribution in [0.1, 0.15) is 39.0 Å². The molecule has 0 radical (unpaired) electrons. The number of aliphatic imine (C=N–C) groups is 2. The van der Waals surface area contributed by atoms with Gasteiger partial charge in [-0.05, 0) is 25.7 Å². The number of halogens is 1. The lowest BCUT2D eigenvalue weighted by Gasteiger charge is -2.30.